The Morgan fingerprint density at radius 1 is 0.852 bits per heavy atom. The smallest absolute Gasteiger partial charge is 0.251 e. The highest BCUT2D eigenvalue weighted by atomic mass is 16.2. The number of carbonyl (C=O) groups is 2. The second-order valence-corrected chi connectivity index (χ2v) is 6.90. The van der Waals surface area contributed by atoms with E-state index in [2.05, 4.69) is 17.4 Å². The van der Waals surface area contributed by atoms with Crippen molar-refractivity contribution < 1.29 is 9.59 Å². The Labute approximate surface area is 158 Å². The molecular formula is C23H22N2O2. The van der Waals surface area contributed by atoms with Crippen molar-refractivity contribution in [2.75, 3.05) is 6.54 Å². The minimum absolute atomic E-state index is 0.0900. The molecule has 4 rings (SSSR count). The maximum Gasteiger partial charge on any atom is 0.251 e. The van der Waals surface area contributed by atoms with Gasteiger partial charge in [-0.25, -0.2) is 0 Å². The van der Waals surface area contributed by atoms with Gasteiger partial charge in [-0.05, 0) is 34.4 Å². The molecule has 0 bridgehead atoms. The Morgan fingerprint density at radius 3 is 2.30 bits per heavy atom. The molecule has 0 saturated heterocycles. The quantitative estimate of drug-likeness (QED) is 0.704. The van der Waals surface area contributed by atoms with Crippen LogP contribution >= 0.6 is 0 Å². The molecule has 1 N–H and O–H groups in total. The van der Waals surface area contributed by atoms with Crippen molar-refractivity contribution in [2.24, 2.45) is 0 Å². The largest absolute Gasteiger partial charge is 0.352 e. The van der Waals surface area contributed by atoms with E-state index in [1.54, 1.807) is 0 Å². The van der Waals surface area contributed by atoms with E-state index in [0.717, 1.165) is 10.8 Å². The van der Waals surface area contributed by atoms with Gasteiger partial charge >= 0.3 is 0 Å². The molecule has 0 saturated carbocycles. The lowest BCUT2D eigenvalue weighted by Crippen LogP contribution is -2.28. The third-order valence-corrected chi connectivity index (χ3v) is 5.08. The molecule has 4 heteroatoms. The zero-order chi connectivity index (χ0) is 18.6. The number of nitrogens with zero attached hydrogens (tertiary/aromatic N) is 1. The molecule has 136 valence electrons. The average molecular weight is 358 g/mol. The fourth-order valence-electron chi connectivity index (χ4n) is 3.63. The van der Waals surface area contributed by atoms with E-state index in [4.69, 9.17) is 0 Å². The minimum atomic E-state index is -0.0900. The summed E-state index contributed by atoms with van der Waals surface area (Å²) in [6.07, 6.45) is 1.09. The summed E-state index contributed by atoms with van der Waals surface area (Å²) in [4.78, 5) is 26.8. The number of carbonyl (C=O) groups excluding carboxylic acids is 2. The number of hydrogen-bond donors (Lipinski definition) is 1. The number of benzene rings is 3. The van der Waals surface area contributed by atoms with Crippen molar-refractivity contribution in [3.63, 3.8) is 0 Å². The van der Waals surface area contributed by atoms with Gasteiger partial charge in [0.05, 0.1) is 0 Å². The molecule has 0 unspecified atom stereocenters. The highest BCUT2D eigenvalue weighted by Gasteiger charge is 2.22. The second kappa shape index (κ2) is 7.62. The van der Waals surface area contributed by atoms with Gasteiger partial charge in [0.15, 0.2) is 0 Å². The van der Waals surface area contributed by atoms with Crippen LogP contribution < -0.4 is 5.32 Å². The molecule has 27 heavy (non-hydrogen) atoms. The van der Waals surface area contributed by atoms with E-state index in [1.807, 2.05) is 59.5 Å². The third-order valence-electron chi connectivity index (χ3n) is 5.08. The van der Waals surface area contributed by atoms with Crippen LogP contribution in [-0.2, 0) is 17.9 Å². The van der Waals surface area contributed by atoms with Crippen molar-refractivity contribution in [2.45, 2.75) is 25.9 Å². The van der Waals surface area contributed by atoms with Crippen LogP contribution in [0.25, 0.3) is 10.8 Å². The van der Waals surface area contributed by atoms with Crippen LogP contribution in [0.15, 0.2) is 66.7 Å². The number of nitrogens with one attached hydrogen (secondary N) is 1. The van der Waals surface area contributed by atoms with E-state index < -0.39 is 0 Å². The molecule has 4 nitrogen and oxygen atoms in total. The third kappa shape index (κ3) is 3.70. The first kappa shape index (κ1) is 17.3. The van der Waals surface area contributed by atoms with E-state index in [-0.39, 0.29) is 11.8 Å². The zero-order valence-electron chi connectivity index (χ0n) is 15.2. The Morgan fingerprint density at radius 2 is 1.52 bits per heavy atom. The minimum Gasteiger partial charge on any atom is -0.352 e. The molecule has 1 aliphatic rings. The van der Waals surface area contributed by atoms with Crippen molar-refractivity contribution in [1.82, 2.24) is 10.2 Å². The predicted molar refractivity (Wildman–Crippen MR) is 106 cm³/mol. The zero-order valence-corrected chi connectivity index (χ0v) is 15.2. The molecule has 1 heterocycles. The highest BCUT2D eigenvalue weighted by molar-refractivity contribution is 6.07. The lowest BCUT2D eigenvalue weighted by molar-refractivity contribution is -0.131. The van der Waals surface area contributed by atoms with Gasteiger partial charge in [-0.1, -0.05) is 60.7 Å². The van der Waals surface area contributed by atoms with Crippen LogP contribution in [0.5, 0.6) is 0 Å². The van der Waals surface area contributed by atoms with Crippen LogP contribution in [-0.4, -0.2) is 23.3 Å². The van der Waals surface area contributed by atoms with Gasteiger partial charge in [0.25, 0.3) is 5.91 Å². The van der Waals surface area contributed by atoms with Gasteiger partial charge in [-0.15, -0.1) is 0 Å². The lowest BCUT2D eigenvalue weighted by Gasteiger charge is -2.15. The average Bonchev–Trinajstić information content (AvgIpc) is 3.15. The maximum atomic E-state index is 12.5. The molecule has 0 radical (unpaired) electrons. The predicted octanol–water partition coefficient (Wildman–Crippen LogP) is 3.89. The van der Waals surface area contributed by atoms with Crippen molar-refractivity contribution in [3.05, 3.63) is 83.4 Å². The van der Waals surface area contributed by atoms with Crippen molar-refractivity contribution >= 4 is 22.6 Å². The van der Waals surface area contributed by atoms with E-state index in [1.165, 1.54) is 11.1 Å². The standard InChI is InChI=1S/C23H22N2O2/c26-22(25-15-18-8-1-2-9-19(18)16-25)13-6-14-24-23(27)21-12-5-10-17-7-3-4-11-20(17)21/h1-5,7-12H,6,13-16H2,(H,24,27). The van der Waals surface area contributed by atoms with Gasteiger partial charge in [0, 0.05) is 31.6 Å². The second-order valence-electron chi connectivity index (χ2n) is 6.90. The van der Waals surface area contributed by atoms with Crippen molar-refractivity contribution in [1.29, 1.82) is 0 Å². The van der Waals surface area contributed by atoms with Gasteiger partial charge < -0.3 is 10.2 Å². The Bertz CT molecular complexity index is 966. The summed E-state index contributed by atoms with van der Waals surface area (Å²) < 4.78 is 0. The van der Waals surface area contributed by atoms with E-state index >= 15 is 0 Å². The summed E-state index contributed by atoms with van der Waals surface area (Å²) in [6, 6.07) is 21.8. The first-order valence-corrected chi connectivity index (χ1v) is 9.33. The monoisotopic (exact) mass is 358 g/mol. The van der Waals surface area contributed by atoms with Crippen LogP contribution in [0, 0.1) is 0 Å². The van der Waals surface area contributed by atoms with Gasteiger partial charge in [-0.3, -0.25) is 9.59 Å². The SMILES string of the molecule is O=C(NCCCC(=O)N1Cc2ccccc2C1)c1cccc2ccccc12. The van der Waals surface area contributed by atoms with Gasteiger partial charge in [-0.2, -0.15) is 0 Å². The van der Waals surface area contributed by atoms with Crippen LogP contribution in [0.2, 0.25) is 0 Å². The maximum absolute atomic E-state index is 12.5. The summed E-state index contributed by atoms with van der Waals surface area (Å²) >= 11 is 0. The molecule has 2 amide bonds. The van der Waals surface area contributed by atoms with E-state index in [9.17, 15) is 9.59 Å². The molecule has 3 aromatic rings. The molecule has 1 aliphatic heterocycles. The normalized spacial score (nSPS) is 12.8. The summed E-state index contributed by atoms with van der Waals surface area (Å²) in [7, 11) is 0. The molecular weight excluding hydrogens is 336 g/mol. The Kier molecular flexibility index (Phi) is 4.88. The first-order chi connectivity index (χ1) is 13.2. The Hall–Kier alpha value is -3.14. The van der Waals surface area contributed by atoms with Crippen molar-refractivity contribution in [3.8, 4) is 0 Å². The fourth-order valence-corrected chi connectivity index (χ4v) is 3.63. The summed E-state index contributed by atoms with van der Waals surface area (Å²) in [5.74, 6) is 0.0541. The molecule has 3 aromatic carbocycles. The number of hydrogen-bond acceptors (Lipinski definition) is 2. The lowest BCUT2D eigenvalue weighted by atomic mass is 10.0. The first-order valence-electron chi connectivity index (χ1n) is 9.33. The molecule has 0 aliphatic carbocycles. The summed E-state index contributed by atoms with van der Waals surface area (Å²) in [5.41, 5.74) is 3.14. The number of amides is 2. The van der Waals surface area contributed by atoms with Gasteiger partial charge in [0.1, 0.15) is 0 Å². The van der Waals surface area contributed by atoms with Crippen LogP contribution in [0.4, 0.5) is 0 Å². The van der Waals surface area contributed by atoms with Crippen LogP contribution in [0.1, 0.15) is 34.3 Å². The number of fused-ring (bicyclic) bond motifs is 2. The highest BCUT2D eigenvalue weighted by Crippen LogP contribution is 2.23. The van der Waals surface area contributed by atoms with Gasteiger partial charge in [0.2, 0.25) is 5.91 Å². The molecule has 0 fully saturated rings. The Balaban J connectivity index is 1.28. The van der Waals surface area contributed by atoms with E-state index in [0.29, 0.717) is 38.0 Å². The molecule has 0 spiro atoms. The number of rotatable bonds is 5. The fraction of sp³-hybridized carbons (Fsp3) is 0.217. The molecule has 0 atom stereocenters. The van der Waals surface area contributed by atoms with Crippen LogP contribution in [0.3, 0.4) is 0 Å². The summed E-state index contributed by atoms with van der Waals surface area (Å²) in [6.45, 7) is 1.88. The molecule has 0 aromatic heterocycles. The topological polar surface area (TPSA) is 49.4 Å². The summed E-state index contributed by atoms with van der Waals surface area (Å²) in [5, 5.41) is 4.94.